The normalized spacial score (nSPS) is 20.8. The fourth-order valence-corrected chi connectivity index (χ4v) is 2.78. The summed E-state index contributed by atoms with van der Waals surface area (Å²) in [4.78, 5) is 24.6. The van der Waals surface area contributed by atoms with Gasteiger partial charge in [0.25, 0.3) is 0 Å². The summed E-state index contributed by atoms with van der Waals surface area (Å²) in [7, 11) is 0. The van der Waals surface area contributed by atoms with Gasteiger partial charge in [-0.1, -0.05) is 13.8 Å². The second kappa shape index (κ2) is 7.48. The lowest BCUT2D eigenvalue weighted by atomic mass is 9.94. The number of nitrogens with two attached hydrogens (primary N) is 1. The van der Waals surface area contributed by atoms with Crippen LogP contribution in [-0.4, -0.2) is 41.5 Å². The molecule has 5 nitrogen and oxygen atoms in total. The van der Waals surface area contributed by atoms with Crippen LogP contribution in [0.3, 0.4) is 0 Å². The van der Waals surface area contributed by atoms with Crippen LogP contribution in [0, 0.1) is 17.8 Å². The van der Waals surface area contributed by atoms with Gasteiger partial charge >= 0.3 is 5.97 Å². The van der Waals surface area contributed by atoms with Crippen molar-refractivity contribution in [2.24, 2.45) is 23.5 Å². The van der Waals surface area contributed by atoms with Gasteiger partial charge in [-0.25, -0.2) is 0 Å². The Bertz CT molecular complexity index is 318. The molecule has 0 aromatic heterocycles. The van der Waals surface area contributed by atoms with Gasteiger partial charge in [-0.05, 0) is 37.1 Å². The van der Waals surface area contributed by atoms with Crippen molar-refractivity contribution in [3.8, 4) is 0 Å². The molecule has 1 amide bonds. The molecule has 1 heterocycles. The van der Waals surface area contributed by atoms with E-state index in [1.165, 1.54) is 0 Å². The zero-order chi connectivity index (χ0) is 14.4. The molecule has 0 spiro atoms. The van der Waals surface area contributed by atoms with E-state index in [0.29, 0.717) is 32.0 Å². The number of carbonyl (C=O) groups excluding carboxylic acids is 1. The van der Waals surface area contributed by atoms with Gasteiger partial charge in [-0.15, -0.1) is 0 Å². The summed E-state index contributed by atoms with van der Waals surface area (Å²) in [6.45, 7) is 6.08. The van der Waals surface area contributed by atoms with E-state index in [1.807, 2.05) is 0 Å². The lowest BCUT2D eigenvalue weighted by molar-refractivity contribution is -0.138. The molecule has 0 aliphatic carbocycles. The third-order valence-corrected chi connectivity index (χ3v) is 3.70. The summed E-state index contributed by atoms with van der Waals surface area (Å²) < 4.78 is 0. The molecule has 19 heavy (non-hydrogen) atoms. The van der Waals surface area contributed by atoms with Crippen LogP contribution >= 0.6 is 0 Å². The van der Waals surface area contributed by atoms with Gasteiger partial charge in [-0.2, -0.15) is 0 Å². The van der Waals surface area contributed by atoms with Crippen LogP contribution in [0.1, 0.15) is 39.5 Å². The summed E-state index contributed by atoms with van der Waals surface area (Å²) in [5, 5.41) is 8.76. The summed E-state index contributed by atoms with van der Waals surface area (Å²) in [5.74, 6) is 0.247. The van der Waals surface area contributed by atoms with Gasteiger partial charge in [0.15, 0.2) is 0 Å². The third-order valence-electron chi connectivity index (χ3n) is 3.70. The van der Waals surface area contributed by atoms with Crippen LogP contribution < -0.4 is 5.73 Å². The maximum Gasteiger partial charge on any atom is 0.303 e. The molecule has 1 saturated heterocycles. The van der Waals surface area contributed by atoms with Crippen LogP contribution in [0.5, 0.6) is 0 Å². The maximum atomic E-state index is 12.2. The van der Waals surface area contributed by atoms with Gasteiger partial charge in [0, 0.05) is 25.9 Å². The highest BCUT2D eigenvalue weighted by molar-refractivity contribution is 5.77. The predicted octanol–water partition coefficient (Wildman–Crippen LogP) is 1.32. The first-order valence-corrected chi connectivity index (χ1v) is 7.12. The lowest BCUT2D eigenvalue weighted by Gasteiger charge is -2.21. The Balaban J connectivity index is 2.39. The number of hydrogen-bond donors (Lipinski definition) is 2. The SMILES string of the molecule is CC(C)CC(CN)CC(=O)N1CCC(CC(=O)O)C1. The van der Waals surface area contributed by atoms with Crippen molar-refractivity contribution in [2.75, 3.05) is 19.6 Å². The first kappa shape index (κ1) is 16.0. The smallest absolute Gasteiger partial charge is 0.303 e. The van der Waals surface area contributed by atoms with E-state index in [-0.39, 0.29) is 24.2 Å². The topological polar surface area (TPSA) is 83.6 Å². The Labute approximate surface area is 115 Å². The number of amides is 1. The molecular weight excluding hydrogens is 244 g/mol. The molecule has 0 aromatic rings. The van der Waals surface area contributed by atoms with E-state index in [9.17, 15) is 9.59 Å². The highest BCUT2D eigenvalue weighted by Gasteiger charge is 2.28. The van der Waals surface area contributed by atoms with Crippen molar-refractivity contribution in [3.63, 3.8) is 0 Å². The van der Waals surface area contributed by atoms with Crippen molar-refractivity contribution in [1.82, 2.24) is 4.90 Å². The molecule has 1 aliphatic rings. The van der Waals surface area contributed by atoms with Gasteiger partial charge in [0.1, 0.15) is 0 Å². The van der Waals surface area contributed by atoms with Crippen molar-refractivity contribution < 1.29 is 14.7 Å². The number of likely N-dealkylation sites (tertiary alicyclic amines) is 1. The van der Waals surface area contributed by atoms with E-state index in [0.717, 1.165) is 12.8 Å². The minimum absolute atomic E-state index is 0.114. The zero-order valence-electron chi connectivity index (χ0n) is 12.0. The predicted molar refractivity (Wildman–Crippen MR) is 73.6 cm³/mol. The third kappa shape index (κ3) is 5.59. The van der Waals surface area contributed by atoms with Gasteiger partial charge < -0.3 is 15.7 Å². The molecule has 2 atom stereocenters. The summed E-state index contributed by atoms with van der Waals surface area (Å²) in [5.41, 5.74) is 5.71. The Morgan fingerprint density at radius 3 is 2.63 bits per heavy atom. The Hall–Kier alpha value is -1.10. The minimum Gasteiger partial charge on any atom is -0.481 e. The molecule has 0 saturated carbocycles. The molecule has 3 N–H and O–H groups in total. The molecular formula is C14H26N2O3. The summed E-state index contributed by atoms with van der Waals surface area (Å²) in [6.07, 6.45) is 2.43. The number of carbonyl (C=O) groups is 2. The van der Waals surface area contributed by atoms with Gasteiger partial charge in [0.2, 0.25) is 5.91 Å². The molecule has 0 aromatic carbocycles. The molecule has 0 radical (unpaired) electrons. The largest absolute Gasteiger partial charge is 0.481 e. The zero-order valence-corrected chi connectivity index (χ0v) is 12.0. The van der Waals surface area contributed by atoms with Crippen molar-refractivity contribution in [1.29, 1.82) is 0 Å². The molecule has 5 heteroatoms. The van der Waals surface area contributed by atoms with E-state index < -0.39 is 5.97 Å². The van der Waals surface area contributed by atoms with Gasteiger partial charge in [0.05, 0.1) is 0 Å². The van der Waals surface area contributed by atoms with Crippen molar-refractivity contribution >= 4 is 11.9 Å². The quantitative estimate of drug-likeness (QED) is 0.731. The maximum absolute atomic E-state index is 12.2. The fourth-order valence-electron chi connectivity index (χ4n) is 2.78. The van der Waals surface area contributed by atoms with Crippen LogP contribution in [0.15, 0.2) is 0 Å². The average Bonchev–Trinajstić information content (AvgIpc) is 2.75. The number of nitrogens with zero attached hydrogens (tertiary/aromatic N) is 1. The standard InChI is InChI=1S/C14H26N2O3/c1-10(2)5-12(8-15)6-13(17)16-4-3-11(9-16)7-14(18)19/h10-12H,3-9,15H2,1-2H3,(H,18,19). The first-order valence-electron chi connectivity index (χ1n) is 7.12. The Kier molecular flexibility index (Phi) is 6.28. The lowest BCUT2D eigenvalue weighted by Crippen LogP contribution is -2.32. The number of hydrogen-bond acceptors (Lipinski definition) is 3. The molecule has 110 valence electrons. The molecule has 2 unspecified atom stereocenters. The minimum atomic E-state index is -0.779. The second-order valence-corrected chi connectivity index (χ2v) is 6.03. The number of carboxylic acid groups (broad SMARTS) is 1. The fraction of sp³-hybridized carbons (Fsp3) is 0.857. The Morgan fingerprint density at radius 1 is 1.42 bits per heavy atom. The highest BCUT2D eigenvalue weighted by atomic mass is 16.4. The van der Waals surface area contributed by atoms with Gasteiger partial charge in [-0.3, -0.25) is 9.59 Å². The van der Waals surface area contributed by atoms with Crippen LogP contribution in [0.4, 0.5) is 0 Å². The highest BCUT2D eigenvalue weighted by Crippen LogP contribution is 2.22. The average molecular weight is 270 g/mol. The first-order chi connectivity index (χ1) is 8.92. The van der Waals surface area contributed by atoms with Crippen LogP contribution in [0.25, 0.3) is 0 Å². The summed E-state index contributed by atoms with van der Waals surface area (Å²) in [6, 6.07) is 0. The number of aliphatic carboxylic acids is 1. The monoisotopic (exact) mass is 270 g/mol. The van der Waals surface area contributed by atoms with Crippen molar-refractivity contribution in [2.45, 2.75) is 39.5 Å². The molecule has 1 fully saturated rings. The van der Waals surface area contributed by atoms with E-state index >= 15 is 0 Å². The van der Waals surface area contributed by atoms with E-state index in [4.69, 9.17) is 10.8 Å². The van der Waals surface area contributed by atoms with Crippen LogP contribution in [0.2, 0.25) is 0 Å². The Morgan fingerprint density at radius 2 is 2.11 bits per heavy atom. The van der Waals surface area contributed by atoms with Crippen molar-refractivity contribution in [3.05, 3.63) is 0 Å². The second-order valence-electron chi connectivity index (χ2n) is 6.03. The number of carboxylic acids is 1. The molecule has 1 rings (SSSR count). The van der Waals surface area contributed by atoms with E-state index in [1.54, 1.807) is 4.90 Å². The summed E-state index contributed by atoms with van der Waals surface area (Å²) >= 11 is 0. The molecule has 0 bridgehead atoms. The number of rotatable bonds is 7. The molecule has 1 aliphatic heterocycles. The van der Waals surface area contributed by atoms with Crippen LogP contribution in [-0.2, 0) is 9.59 Å². The van der Waals surface area contributed by atoms with E-state index in [2.05, 4.69) is 13.8 Å².